The number of carbonyl (C=O) groups excluding carboxylic acids is 1. The fraction of sp³-hybridized carbons (Fsp3) is 0.562. The molecule has 0 amide bonds. The molecule has 1 aromatic carbocycles. The van der Waals surface area contributed by atoms with E-state index in [0.29, 0.717) is 16.6 Å². The van der Waals surface area contributed by atoms with E-state index in [4.69, 9.17) is 11.6 Å². The third-order valence-corrected chi connectivity index (χ3v) is 4.34. The molecular formula is C16H23ClN2O. The molecule has 1 unspecified atom stereocenters. The third-order valence-electron chi connectivity index (χ3n) is 4.04. The molecule has 1 atom stereocenters. The van der Waals surface area contributed by atoms with E-state index in [0.717, 1.165) is 38.2 Å². The molecule has 0 radical (unpaired) electrons. The molecule has 1 aromatic rings. The van der Waals surface area contributed by atoms with Crippen LogP contribution in [0.2, 0.25) is 5.02 Å². The van der Waals surface area contributed by atoms with Crippen molar-refractivity contribution >= 4 is 23.1 Å². The van der Waals surface area contributed by atoms with Crippen LogP contribution in [0.15, 0.2) is 18.2 Å². The van der Waals surface area contributed by atoms with Crippen LogP contribution in [0.5, 0.6) is 0 Å². The summed E-state index contributed by atoms with van der Waals surface area (Å²) in [5.41, 5.74) is 1.73. The van der Waals surface area contributed by atoms with Gasteiger partial charge in [0.05, 0.1) is 10.7 Å². The van der Waals surface area contributed by atoms with Crippen LogP contribution in [0.25, 0.3) is 0 Å². The Kier molecular flexibility index (Phi) is 5.06. The first-order chi connectivity index (χ1) is 9.52. The minimum Gasteiger partial charge on any atom is -0.366 e. The summed E-state index contributed by atoms with van der Waals surface area (Å²) in [4.78, 5) is 16.2. The van der Waals surface area contributed by atoms with Crippen LogP contribution in [-0.2, 0) is 0 Å². The van der Waals surface area contributed by atoms with Crippen LogP contribution < -0.4 is 4.90 Å². The second-order valence-corrected chi connectivity index (χ2v) is 6.00. The topological polar surface area (TPSA) is 23.6 Å². The van der Waals surface area contributed by atoms with Crippen molar-refractivity contribution in [2.45, 2.75) is 32.7 Å². The quantitative estimate of drug-likeness (QED) is 0.798. The highest BCUT2D eigenvalue weighted by atomic mass is 35.5. The van der Waals surface area contributed by atoms with Gasteiger partial charge >= 0.3 is 0 Å². The van der Waals surface area contributed by atoms with Crippen molar-refractivity contribution in [1.29, 1.82) is 0 Å². The molecule has 4 heteroatoms. The van der Waals surface area contributed by atoms with E-state index < -0.39 is 0 Å². The Labute approximate surface area is 126 Å². The van der Waals surface area contributed by atoms with E-state index in [1.165, 1.54) is 0 Å². The molecule has 1 saturated heterocycles. The first kappa shape index (κ1) is 15.3. The van der Waals surface area contributed by atoms with Gasteiger partial charge in [0.1, 0.15) is 0 Å². The zero-order valence-corrected chi connectivity index (χ0v) is 13.3. The first-order valence-corrected chi connectivity index (χ1v) is 7.66. The first-order valence-electron chi connectivity index (χ1n) is 7.28. The summed E-state index contributed by atoms with van der Waals surface area (Å²) in [5.74, 6) is 0.0566. The number of ketones is 1. The van der Waals surface area contributed by atoms with Crippen molar-refractivity contribution in [1.82, 2.24) is 4.90 Å². The number of hydrogen-bond donors (Lipinski definition) is 0. The highest BCUT2D eigenvalue weighted by Crippen LogP contribution is 2.30. The Morgan fingerprint density at radius 2 is 2.15 bits per heavy atom. The Balaban J connectivity index is 2.30. The predicted octanol–water partition coefficient (Wildman–Crippen LogP) is 3.46. The molecule has 1 aliphatic heterocycles. The SMILES string of the molecule is CCC1CN(C)CCCN1c1ccc(C(C)=O)cc1Cl. The highest BCUT2D eigenvalue weighted by Gasteiger charge is 2.23. The van der Waals surface area contributed by atoms with Crippen LogP contribution in [0.3, 0.4) is 0 Å². The summed E-state index contributed by atoms with van der Waals surface area (Å²) in [5, 5.41) is 0.681. The number of nitrogens with zero attached hydrogens (tertiary/aromatic N) is 2. The molecule has 1 heterocycles. The smallest absolute Gasteiger partial charge is 0.159 e. The fourth-order valence-corrected chi connectivity index (χ4v) is 3.16. The van der Waals surface area contributed by atoms with Gasteiger partial charge in [-0.25, -0.2) is 0 Å². The van der Waals surface area contributed by atoms with Crippen LogP contribution >= 0.6 is 11.6 Å². The van der Waals surface area contributed by atoms with Gasteiger partial charge in [-0.3, -0.25) is 4.79 Å². The van der Waals surface area contributed by atoms with Crippen molar-refractivity contribution in [2.75, 3.05) is 31.6 Å². The average molecular weight is 295 g/mol. The van der Waals surface area contributed by atoms with Gasteiger partial charge in [0.25, 0.3) is 0 Å². The van der Waals surface area contributed by atoms with Gasteiger partial charge in [-0.15, -0.1) is 0 Å². The zero-order valence-electron chi connectivity index (χ0n) is 12.5. The van der Waals surface area contributed by atoms with Gasteiger partial charge in [-0.1, -0.05) is 18.5 Å². The van der Waals surface area contributed by atoms with E-state index in [2.05, 4.69) is 23.8 Å². The largest absolute Gasteiger partial charge is 0.366 e. The van der Waals surface area contributed by atoms with Crippen molar-refractivity contribution in [3.05, 3.63) is 28.8 Å². The maximum atomic E-state index is 11.4. The fourth-order valence-electron chi connectivity index (χ4n) is 2.87. The van der Waals surface area contributed by atoms with Gasteiger partial charge in [0.2, 0.25) is 0 Å². The molecule has 20 heavy (non-hydrogen) atoms. The Morgan fingerprint density at radius 1 is 1.40 bits per heavy atom. The summed E-state index contributed by atoms with van der Waals surface area (Å²) in [6.45, 7) is 6.98. The number of benzene rings is 1. The van der Waals surface area contributed by atoms with Gasteiger partial charge in [0.15, 0.2) is 5.78 Å². The molecule has 0 bridgehead atoms. The summed E-state index contributed by atoms with van der Waals surface area (Å²) < 4.78 is 0. The minimum atomic E-state index is 0.0566. The van der Waals surface area contributed by atoms with Crippen molar-refractivity contribution in [3.8, 4) is 0 Å². The number of Topliss-reactive ketones (excluding diaryl/α,β-unsaturated/α-hetero) is 1. The molecular weight excluding hydrogens is 272 g/mol. The molecule has 2 rings (SSSR count). The lowest BCUT2D eigenvalue weighted by atomic mass is 10.1. The van der Waals surface area contributed by atoms with E-state index >= 15 is 0 Å². The highest BCUT2D eigenvalue weighted by molar-refractivity contribution is 6.33. The molecule has 1 aliphatic rings. The maximum absolute atomic E-state index is 11.4. The van der Waals surface area contributed by atoms with Gasteiger partial charge < -0.3 is 9.80 Å². The lowest BCUT2D eigenvalue weighted by molar-refractivity contribution is 0.101. The number of halogens is 1. The summed E-state index contributed by atoms with van der Waals surface area (Å²) in [7, 11) is 2.17. The van der Waals surface area contributed by atoms with E-state index in [-0.39, 0.29) is 5.78 Å². The Bertz CT molecular complexity index is 489. The van der Waals surface area contributed by atoms with Crippen molar-refractivity contribution in [3.63, 3.8) is 0 Å². The van der Waals surface area contributed by atoms with Gasteiger partial charge in [0, 0.05) is 24.7 Å². The molecule has 0 N–H and O–H groups in total. The van der Waals surface area contributed by atoms with Crippen molar-refractivity contribution < 1.29 is 4.79 Å². The Morgan fingerprint density at radius 3 is 2.75 bits per heavy atom. The maximum Gasteiger partial charge on any atom is 0.159 e. The minimum absolute atomic E-state index is 0.0566. The van der Waals surface area contributed by atoms with E-state index in [1.54, 1.807) is 13.0 Å². The molecule has 0 saturated carbocycles. The monoisotopic (exact) mass is 294 g/mol. The summed E-state index contributed by atoms with van der Waals surface area (Å²) >= 11 is 6.41. The van der Waals surface area contributed by atoms with Gasteiger partial charge in [-0.05, 0) is 51.6 Å². The van der Waals surface area contributed by atoms with Crippen LogP contribution in [0.1, 0.15) is 37.0 Å². The summed E-state index contributed by atoms with van der Waals surface area (Å²) in [6, 6.07) is 6.14. The second-order valence-electron chi connectivity index (χ2n) is 5.59. The van der Waals surface area contributed by atoms with Crippen LogP contribution in [-0.4, -0.2) is 43.4 Å². The molecule has 0 aromatic heterocycles. The number of hydrogen-bond acceptors (Lipinski definition) is 3. The average Bonchev–Trinajstić information content (AvgIpc) is 2.60. The van der Waals surface area contributed by atoms with Crippen molar-refractivity contribution in [2.24, 2.45) is 0 Å². The number of likely N-dealkylation sites (N-methyl/N-ethyl adjacent to an activating group) is 1. The van der Waals surface area contributed by atoms with Crippen LogP contribution in [0, 0.1) is 0 Å². The molecule has 1 fully saturated rings. The molecule has 3 nitrogen and oxygen atoms in total. The normalized spacial score (nSPS) is 20.8. The predicted molar refractivity (Wildman–Crippen MR) is 85.0 cm³/mol. The lowest BCUT2D eigenvalue weighted by Gasteiger charge is -2.33. The Hall–Kier alpha value is -1.06. The second kappa shape index (κ2) is 6.59. The zero-order chi connectivity index (χ0) is 14.7. The lowest BCUT2D eigenvalue weighted by Crippen LogP contribution is -2.40. The molecule has 110 valence electrons. The van der Waals surface area contributed by atoms with Gasteiger partial charge in [-0.2, -0.15) is 0 Å². The number of carbonyl (C=O) groups is 1. The standard InChI is InChI=1S/C16H23ClN2O/c1-4-14-11-18(3)8-5-9-19(14)16-7-6-13(12(2)20)10-15(16)17/h6-7,10,14H,4-5,8-9,11H2,1-3H3. The van der Waals surface area contributed by atoms with E-state index in [1.807, 2.05) is 12.1 Å². The van der Waals surface area contributed by atoms with E-state index in [9.17, 15) is 4.79 Å². The third kappa shape index (κ3) is 3.33. The molecule has 0 spiro atoms. The molecule has 0 aliphatic carbocycles. The number of rotatable bonds is 3. The van der Waals surface area contributed by atoms with Crippen LogP contribution in [0.4, 0.5) is 5.69 Å². The summed E-state index contributed by atoms with van der Waals surface area (Å²) in [6.07, 6.45) is 2.23. The number of anilines is 1.